The van der Waals surface area contributed by atoms with Crippen LogP contribution in [0.25, 0.3) is 5.65 Å². The fourth-order valence-electron chi connectivity index (χ4n) is 2.06. The summed E-state index contributed by atoms with van der Waals surface area (Å²) in [4.78, 5) is 28.1. The summed E-state index contributed by atoms with van der Waals surface area (Å²) >= 11 is 8.60. The largest absolute Gasteiger partial charge is 0.301 e. The number of pyridine rings is 1. The van der Waals surface area contributed by atoms with E-state index in [9.17, 15) is 9.59 Å². The molecule has 3 rings (SSSR count). The van der Waals surface area contributed by atoms with Gasteiger partial charge in [0.15, 0.2) is 4.34 Å². The molecule has 0 aliphatic rings. The molecule has 0 saturated carbocycles. The molecule has 0 radical (unpaired) electrons. The Morgan fingerprint density at radius 2 is 2.24 bits per heavy atom. The number of nitrogens with one attached hydrogen (secondary N) is 1. The Morgan fingerprint density at radius 1 is 1.40 bits per heavy atom. The van der Waals surface area contributed by atoms with Crippen LogP contribution in [0.15, 0.2) is 33.5 Å². The van der Waals surface area contributed by atoms with Gasteiger partial charge in [0.2, 0.25) is 11.0 Å². The number of hydrogen-bond acceptors (Lipinski definition) is 7. The van der Waals surface area contributed by atoms with Crippen LogP contribution in [0.1, 0.15) is 25.5 Å². The second-order valence-electron chi connectivity index (χ2n) is 5.12. The first-order valence-corrected chi connectivity index (χ1v) is 9.67. The number of thioether (sulfide) groups is 1. The molecular formula is C15H14ClN5O2S2. The van der Waals surface area contributed by atoms with Crippen LogP contribution in [0.4, 0.5) is 5.13 Å². The number of halogens is 1. The number of nitrogens with zero attached hydrogens (tertiary/aromatic N) is 4. The van der Waals surface area contributed by atoms with Crippen molar-refractivity contribution in [1.29, 1.82) is 0 Å². The number of carbonyl (C=O) groups is 1. The fourth-order valence-corrected chi connectivity index (χ4v) is 3.88. The third-order valence-corrected chi connectivity index (χ3v) is 5.38. The molecule has 0 unspecified atom stereocenters. The zero-order valence-electron chi connectivity index (χ0n) is 13.2. The molecule has 0 fully saturated rings. The number of hydrogen-bond donors (Lipinski definition) is 1. The van der Waals surface area contributed by atoms with E-state index in [4.69, 9.17) is 11.6 Å². The van der Waals surface area contributed by atoms with Gasteiger partial charge in [-0.25, -0.2) is 4.98 Å². The molecular weight excluding hydrogens is 382 g/mol. The van der Waals surface area contributed by atoms with Crippen LogP contribution >= 0.6 is 34.7 Å². The molecule has 0 atom stereocenters. The highest BCUT2D eigenvalue weighted by atomic mass is 35.5. The average molecular weight is 396 g/mol. The number of carbonyl (C=O) groups excluding carboxylic acids is 1. The lowest BCUT2D eigenvalue weighted by Crippen LogP contribution is -2.14. The summed E-state index contributed by atoms with van der Waals surface area (Å²) in [7, 11) is 0. The Morgan fingerprint density at radius 3 is 3.04 bits per heavy atom. The summed E-state index contributed by atoms with van der Waals surface area (Å²) in [6, 6.07) is 4.86. The Hall–Kier alpha value is -1.97. The van der Waals surface area contributed by atoms with Crippen LogP contribution in [0.2, 0.25) is 5.02 Å². The van der Waals surface area contributed by atoms with E-state index >= 15 is 0 Å². The van der Waals surface area contributed by atoms with Crippen molar-refractivity contribution >= 4 is 51.4 Å². The second kappa shape index (κ2) is 7.94. The van der Waals surface area contributed by atoms with Crippen LogP contribution in [-0.2, 0) is 10.5 Å². The molecule has 3 heterocycles. The smallest absolute Gasteiger partial charge is 0.258 e. The molecule has 3 aromatic rings. The molecule has 0 aliphatic heterocycles. The van der Waals surface area contributed by atoms with Gasteiger partial charge in [-0.15, -0.1) is 10.2 Å². The van der Waals surface area contributed by atoms with Crippen molar-refractivity contribution in [3.8, 4) is 0 Å². The molecule has 0 aliphatic carbocycles. The first-order chi connectivity index (χ1) is 12.0. The van der Waals surface area contributed by atoms with Crippen molar-refractivity contribution in [1.82, 2.24) is 19.6 Å². The standard InChI is InChI=1S/C15H14ClN5O2S2/c1-2-3-12(22)18-14-19-20-15(25-14)24-8-10-6-13(23)21-7-9(16)4-5-11(21)17-10/h4-7H,2-3,8H2,1H3,(H,18,19,22). The minimum Gasteiger partial charge on any atom is -0.301 e. The number of fused-ring (bicyclic) bond motifs is 1. The summed E-state index contributed by atoms with van der Waals surface area (Å²) in [6.07, 6.45) is 2.77. The highest BCUT2D eigenvalue weighted by molar-refractivity contribution is 8.00. The van der Waals surface area contributed by atoms with E-state index in [1.165, 1.54) is 33.6 Å². The summed E-state index contributed by atoms with van der Waals surface area (Å²) in [5.74, 6) is 0.407. The summed E-state index contributed by atoms with van der Waals surface area (Å²) in [5.41, 5.74) is 0.995. The van der Waals surface area contributed by atoms with E-state index in [0.29, 0.717) is 38.0 Å². The Labute approximate surface area is 156 Å². The lowest BCUT2D eigenvalue weighted by atomic mass is 10.3. The lowest BCUT2D eigenvalue weighted by Gasteiger charge is -2.03. The molecule has 0 aromatic carbocycles. The van der Waals surface area contributed by atoms with Crippen LogP contribution in [-0.4, -0.2) is 25.5 Å². The van der Waals surface area contributed by atoms with Gasteiger partial charge < -0.3 is 5.32 Å². The minimum absolute atomic E-state index is 0.0712. The molecule has 130 valence electrons. The van der Waals surface area contributed by atoms with E-state index in [0.717, 1.165) is 6.42 Å². The van der Waals surface area contributed by atoms with Gasteiger partial charge in [0.25, 0.3) is 5.56 Å². The molecule has 1 amide bonds. The third-order valence-electron chi connectivity index (χ3n) is 3.15. The average Bonchev–Trinajstić information content (AvgIpc) is 3.01. The van der Waals surface area contributed by atoms with E-state index < -0.39 is 0 Å². The van der Waals surface area contributed by atoms with Crippen molar-refractivity contribution in [2.75, 3.05) is 5.32 Å². The van der Waals surface area contributed by atoms with Crippen LogP contribution in [0, 0.1) is 0 Å². The molecule has 0 saturated heterocycles. The van der Waals surface area contributed by atoms with Gasteiger partial charge in [-0.1, -0.05) is 41.6 Å². The Kier molecular flexibility index (Phi) is 5.67. The molecule has 0 bridgehead atoms. The predicted octanol–water partition coefficient (Wildman–Crippen LogP) is 3.23. The maximum atomic E-state index is 12.1. The first-order valence-electron chi connectivity index (χ1n) is 7.49. The van der Waals surface area contributed by atoms with E-state index in [2.05, 4.69) is 20.5 Å². The molecule has 25 heavy (non-hydrogen) atoms. The molecule has 10 heteroatoms. The quantitative estimate of drug-likeness (QED) is 0.509. The predicted molar refractivity (Wildman–Crippen MR) is 99.5 cm³/mol. The van der Waals surface area contributed by atoms with E-state index in [-0.39, 0.29) is 11.5 Å². The summed E-state index contributed by atoms with van der Waals surface area (Å²) in [5, 5.41) is 11.6. The summed E-state index contributed by atoms with van der Waals surface area (Å²) < 4.78 is 2.10. The van der Waals surface area contributed by atoms with Crippen LogP contribution in [0.5, 0.6) is 0 Å². The molecule has 7 nitrogen and oxygen atoms in total. The maximum absolute atomic E-state index is 12.1. The van der Waals surface area contributed by atoms with Crippen molar-refractivity contribution in [3.05, 3.63) is 45.5 Å². The van der Waals surface area contributed by atoms with E-state index in [1.807, 2.05) is 6.92 Å². The van der Waals surface area contributed by atoms with Gasteiger partial charge in [0.1, 0.15) is 5.65 Å². The van der Waals surface area contributed by atoms with Crippen LogP contribution < -0.4 is 10.9 Å². The molecule has 1 N–H and O–H groups in total. The minimum atomic E-state index is -0.187. The SMILES string of the molecule is CCCC(=O)Nc1nnc(SCc2cc(=O)n3cc(Cl)ccc3n2)s1. The summed E-state index contributed by atoms with van der Waals surface area (Å²) in [6.45, 7) is 1.94. The number of rotatable bonds is 6. The van der Waals surface area contributed by atoms with Crippen molar-refractivity contribution in [2.24, 2.45) is 0 Å². The van der Waals surface area contributed by atoms with Gasteiger partial charge in [0.05, 0.1) is 10.7 Å². The fraction of sp³-hybridized carbons (Fsp3) is 0.267. The maximum Gasteiger partial charge on any atom is 0.258 e. The topological polar surface area (TPSA) is 89.2 Å². The van der Waals surface area contributed by atoms with Gasteiger partial charge in [0, 0.05) is 24.4 Å². The highest BCUT2D eigenvalue weighted by Gasteiger charge is 2.09. The van der Waals surface area contributed by atoms with Crippen molar-refractivity contribution in [2.45, 2.75) is 29.9 Å². The van der Waals surface area contributed by atoms with Gasteiger partial charge in [-0.3, -0.25) is 14.0 Å². The zero-order valence-corrected chi connectivity index (χ0v) is 15.6. The number of aromatic nitrogens is 4. The molecule has 0 spiro atoms. The second-order valence-corrected chi connectivity index (χ2v) is 7.76. The first kappa shape index (κ1) is 17.8. The Balaban J connectivity index is 1.69. The van der Waals surface area contributed by atoms with Crippen LogP contribution in [0.3, 0.4) is 0 Å². The van der Waals surface area contributed by atoms with Crippen molar-refractivity contribution in [3.63, 3.8) is 0 Å². The van der Waals surface area contributed by atoms with Crippen molar-refractivity contribution < 1.29 is 4.79 Å². The normalized spacial score (nSPS) is 11.0. The third kappa shape index (κ3) is 4.56. The van der Waals surface area contributed by atoms with E-state index in [1.54, 1.807) is 18.3 Å². The number of anilines is 1. The van der Waals surface area contributed by atoms with Gasteiger partial charge >= 0.3 is 0 Å². The lowest BCUT2D eigenvalue weighted by molar-refractivity contribution is -0.116. The zero-order chi connectivity index (χ0) is 17.8. The van der Waals surface area contributed by atoms with Gasteiger partial charge in [-0.2, -0.15) is 0 Å². The van der Waals surface area contributed by atoms with Gasteiger partial charge in [-0.05, 0) is 18.6 Å². The highest BCUT2D eigenvalue weighted by Crippen LogP contribution is 2.27. The molecule has 3 aromatic heterocycles. The monoisotopic (exact) mass is 395 g/mol. The number of amides is 1. The Bertz CT molecular complexity index is 972.